The average molecular weight is 444 g/mol. The molecule has 5 rings (SSSR count). The minimum Gasteiger partial charge on any atom is -0.497 e. The summed E-state index contributed by atoms with van der Waals surface area (Å²) in [5.74, 6) is 4.09. The van der Waals surface area contributed by atoms with Crippen molar-refractivity contribution in [2.75, 3.05) is 13.7 Å². The van der Waals surface area contributed by atoms with Crippen LogP contribution in [0.15, 0.2) is 36.4 Å². The molecule has 3 aliphatic rings. The maximum atomic E-state index is 13.0. The number of fused-ring (bicyclic) bond motifs is 2. The summed E-state index contributed by atoms with van der Waals surface area (Å²) < 4.78 is 5.18. The standard InChI is InChI=1S/C23H16N4O6/c1-33-14-4-3-13-10-27(20(30)16(13)9-14)11-23(21(31)25-22(32)26-23)7-6-12-2-5-15-17(8-12)19(29)24-18(15)28/h2-5,8-9H,10-11H2,1H3,(H,24,28,29)(H2,25,26,31,32)/t23-/m1/s1. The predicted molar refractivity (Wildman–Crippen MR) is 112 cm³/mol. The maximum absolute atomic E-state index is 13.0. The normalized spacial score (nSPS) is 20.5. The summed E-state index contributed by atoms with van der Waals surface area (Å²) in [6, 6.07) is 8.86. The van der Waals surface area contributed by atoms with Gasteiger partial charge in [0, 0.05) is 17.7 Å². The molecule has 1 fully saturated rings. The predicted octanol–water partition coefficient (Wildman–Crippen LogP) is 0.165. The Balaban J connectivity index is 1.47. The molecule has 0 aromatic heterocycles. The van der Waals surface area contributed by atoms with Crippen molar-refractivity contribution >= 4 is 29.7 Å². The van der Waals surface area contributed by atoms with Gasteiger partial charge in [-0.3, -0.25) is 29.8 Å². The smallest absolute Gasteiger partial charge is 0.323 e. The van der Waals surface area contributed by atoms with Crippen LogP contribution in [-0.4, -0.2) is 53.8 Å². The number of hydrogen-bond acceptors (Lipinski definition) is 6. The van der Waals surface area contributed by atoms with Gasteiger partial charge in [0.2, 0.25) is 5.54 Å². The molecule has 0 unspecified atom stereocenters. The zero-order chi connectivity index (χ0) is 23.3. The van der Waals surface area contributed by atoms with E-state index in [0.717, 1.165) is 5.56 Å². The van der Waals surface area contributed by atoms with Crippen molar-refractivity contribution in [3.63, 3.8) is 0 Å². The van der Waals surface area contributed by atoms with Gasteiger partial charge < -0.3 is 15.0 Å². The number of imide groups is 2. The number of nitrogens with zero attached hydrogens (tertiary/aromatic N) is 1. The molecule has 3 N–H and O–H groups in total. The van der Waals surface area contributed by atoms with E-state index in [9.17, 15) is 24.0 Å². The molecule has 2 aromatic rings. The largest absolute Gasteiger partial charge is 0.497 e. The van der Waals surface area contributed by atoms with Crippen LogP contribution in [0.3, 0.4) is 0 Å². The molecule has 10 nitrogen and oxygen atoms in total. The van der Waals surface area contributed by atoms with Gasteiger partial charge in [0.05, 0.1) is 24.8 Å². The summed E-state index contributed by atoms with van der Waals surface area (Å²) in [5, 5.41) is 6.89. The van der Waals surface area contributed by atoms with Gasteiger partial charge >= 0.3 is 6.03 Å². The highest BCUT2D eigenvalue weighted by molar-refractivity contribution is 6.21. The number of carbonyl (C=O) groups is 5. The van der Waals surface area contributed by atoms with Crippen molar-refractivity contribution in [2.45, 2.75) is 12.1 Å². The van der Waals surface area contributed by atoms with Gasteiger partial charge in [0.25, 0.3) is 23.6 Å². The molecule has 33 heavy (non-hydrogen) atoms. The van der Waals surface area contributed by atoms with Gasteiger partial charge in [0.1, 0.15) is 5.75 Å². The molecule has 3 heterocycles. The Kier molecular flexibility index (Phi) is 4.42. The Hall–Kier alpha value is -4.65. The van der Waals surface area contributed by atoms with E-state index < -0.39 is 29.3 Å². The fraction of sp³-hybridized carbons (Fsp3) is 0.174. The third-order valence-electron chi connectivity index (χ3n) is 5.72. The monoisotopic (exact) mass is 444 g/mol. The number of urea groups is 1. The van der Waals surface area contributed by atoms with Gasteiger partial charge in [0.15, 0.2) is 0 Å². The zero-order valence-corrected chi connectivity index (χ0v) is 17.3. The second-order valence-corrected chi connectivity index (χ2v) is 7.79. The first-order valence-corrected chi connectivity index (χ1v) is 9.92. The fourth-order valence-corrected chi connectivity index (χ4v) is 4.04. The number of ether oxygens (including phenoxy) is 1. The number of methoxy groups -OCH3 is 1. The third-order valence-corrected chi connectivity index (χ3v) is 5.72. The van der Waals surface area contributed by atoms with E-state index in [-0.39, 0.29) is 30.1 Å². The third kappa shape index (κ3) is 3.27. The average Bonchev–Trinajstić information content (AvgIpc) is 3.37. The van der Waals surface area contributed by atoms with E-state index in [1.165, 1.54) is 30.2 Å². The van der Waals surface area contributed by atoms with Gasteiger partial charge in [-0.1, -0.05) is 17.9 Å². The Morgan fingerprint density at radius 1 is 0.970 bits per heavy atom. The summed E-state index contributed by atoms with van der Waals surface area (Å²) in [7, 11) is 1.50. The number of nitrogens with one attached hydrogen (secondary N) is 3. The lowest BCUT2D eigenvalue weighted by molar-refractivity contribution is -0.122. The molecule has 6 amide bonds. The molecule has 1 saturated heterocycles. The van der Waals surface area contributed by atoms with Crippen molar-refractivity contribution in [3.8, 4) is 17.6 Å². The Labute approximate surface area is 187 Å². The van der Waals surface area contributed by atoms with E-state index in [4.69, 9.17) is 4.74 Å². The maximum Gasteiger partial charge on any atom is 0.323 e. The van der Waals surface area contributed by atoms with Gasteiger partial charge in [-0.05, 0) is 35.9 Å². The summed E-state index contributed by atoms with van der Waals surface area (Å²) in [5.41, 5.74) is 0.325. The molecule has 164 valence electrons. The lowest BCUT2D eigenvalue weighted by Gasteiger charge is -2.26. The molecule has 2 aromatic carbocycles. The van der Waals surface area contributed by atoms with E-state index in [1.807, 2.05) is 0 Å². The number of benzene rings is 2. The topological polar surface area (TPSA) is 134 Å². The van der Waals surface area contributed by atoms with E-state index in [0.29, 0.717) is 16.9 Å². The minimum absolute atomic E-state index is 0.180. The number of rotatable bonds is 3. The molecule has 1 atom stereocenters. The number of carbonyl (C=O) groups excluding carboxylic acids is 5. The number of amides is 6. The van der Waals surface area contributed by atoms with E-state index >= 15 is 0 Å². The molecule has 0 bridgehead atoms. The SMILES string of the molecule is COc1ccc2c(c1)C(=O)N(C[C@@]1(C#Cc3ccc4c(c3)C(=O)NC4=O)NC(=O)NC1=O)C2. The van der Waals surface area contributed by atoms with Crippen LogP contribution in [0, 0.1) is 11.8 Å². The van der Waals surface area contributed by atoms with Crippen molar-refractivity contribution in [1.29, 1.82) is 0 Å². The van der Waals surface area contributed by atoms with Crippen molar-refractivity contribution in [3.05, 3.63) is 64.2 Å². The molecule has 10 heteroatoms. The second kappa shape index (κ2) is 7.20. The Morgan fingerprint density at radius 3 is 2.48 bits per heavy atom. The molecule has 0 saturated carbocycles. The highest BCUT2D eigenvalue weighted by atomic mass is 16.5. The van der Waals surface area contributed by atoms with E-state index in [1.54, 1.807) is 18.2 Å². The fourth-order valence-electron chi connectivity index (χ4n) is 4.04. The van der Waals surface area contributed by atoms with Crippen LogP contribution in [-0.2, 0) is 11.3 Å². The first-order chi connectivity index (χ1) is 15.8. The van der Waals surface area contributed by atoms with Crippen LogP contribution >= 0.6 is 0 Å². The molecule has 0 radical (unpaired) electrons. The zero-order valence-electron chi connectivity index (χ0n) is 17.3. The summed E-state index contributed by atoms with van der Waals surface area (Å²) in [6.07, 6.45) is 0. The lowest BCUT2D eigenvalue weighted by Crippen LogP contribution is -2.54. The Bertz CT molecular complexity index is 1350. The number of hydrogen-bond donors (Lipinski definition) is 3. The van der Waals surface area contributed by atoms with Gasteiger partial charge in [-0.15, -0.1) is 0 Å². The minimum atomic E-state index is -1.68. The quantitative estimate of drug-likeness (QED) is 0.351. The van der Waals surface area contributed by atoms with Crippen LogP contribution in [0.5, 0.6) is 5.75 Å². The Morgan fingerprint density at radius 2 is 1.76 bits per heavy atom. The van der Waals surface area contributed by atoms with Crippen LogP contribution in [0.2, 0.25) is 0 Å². The van der Waals surface area contributed by atoms with Crippen LogP contribution < -0.4 is 20.7 Å². The van der Waals surface area contributed by atoms with Gasteiger partial charge in [-0.25, -0.2) is 4.79 Å². The molecule has 0 aliphatic carbocycles. The van der Waals surface area contributed by atoms with Crippen LogP contribution in [0.4, 0.5) is 4.79 Å². The van der Waals surface area contributed by atoms with E-state index in [2.05, 4.69) is 27.8 Å². The van der Waals surface area contributed by atoms with Crippen molar-refractivity contribution in [1.82, 2.24) is 20.9 Å². The van der Waals surface area contributed by atoms with Crippen LogP contribution in [0.1, 0.15) is 42.2 Å². The highest BCUT2D eigenvalue weighted by Crippen LogP contribution is 2.28. The summed E-state index contributed by atoms with van der Waals surface area (Å²) in [4.78, 5) is 62.7. The summed E-state index contributed by atoms with van der Waals surface area (Å²) in [6.45, 7) is 0.0587. The molecule has 3 aliphatic heterocycles. The van der Waals surface area contributed by atoms with Crippen molar-refractivity contribution in [2.24, 2.45) is 0 Å². The van der Waals surface area contributed by atoms with Gasteiger partial charge in [-0.2, -0.15) is 0 Å². The first-order valence-electron chi connectivity index (χ1n) is 9.92. The van der Waals surface area contributed by atoms with Crippen molar-refractivity contribution < 1.29 is 28.7 Å². The molecular formula is C23H16N4O6. The highest BCUT2D eigenvalue weighted by Gasteiger charge is 2.48. The second-order valence-electron chi connectivity index (χ2n) is 7.79. The lowest BCUT2D eigenvalue weighted by atomic mass is 9.98. The first kappa shape index (κ1) is 20.3. The molecule has 0 spiro atoms. The van der Waals surface area contributed by atoms with Crippen LogP contribution in [0.25, 0.3) is 0 Å². The molecular weight excluding hydrogens is 428 g/mol. The summed E-state index contributed by atoms with van der Waals surface area (Å²) >= 11 is 0.